The number of benzene rings is 1. The van der Waals surface area contributed by atoms with Crippen molar-refractivity contribution in [2.45, 2.75) is 49.7 Å². The van der Waals surface area contributed by atoms with Gasteiger partial charge in [0.05, 0.1) is 24.6 Å². The zero-order valence-corrected chi connectivity index (χ0v) is 15.5. The first-order valence-electron chi connectivity index (χ1n) is 9.69. The Labute approximate surface area is 158 Å². The van der Waals surface area contributed by atoms with Crippen LogP contribution in [0.25, 0.3) is 0 Å². The lowest BCUT2D eigenvalue weighted by molar-refractivity contribution is -0.145. The van der Waals surface area contributed by atoms with Crippen molar-refractivity contribution in [1.29, 1.82) is 0 Å². The molecular formula is C20H27F2N3O2. The lowest BCUT2D eigenvalue weighted by atomic mass is 9.80. The molecule has 2 heterocycles. The van der Waals surface area contributed by atoms with Crippen LogP contribution in [-0.2, 0) is 9.53 Å². The fraction of sp³-hybridized carbons (Fsp3) is 0.650. The van der Waals surface area contributed by atoms with Gasteiger partial charge in [-0.2, -0.15) is 0 Å². The molecule has 3 aliphatic rings. The molecule has 27 heavy (non-hydrogen) atoms. The van der Waals surface area contributed by atoms with Crippen LogP contribution < -0.4 is 11.1 Å². The Bertz CT molecular complexity index is 714. The third-order valence-corrected chi connectivity index (χ3v) is 6.41. The summed E-state index contributed by atoms with van der Waals surface area (Å²) >= 11 is 0. The Hall–Kier alpha value is -1.73. The summed E-state index contributed by atoms with van der Waals surface area (Å²) in [5.74, 6) is -3.64. The number of anilines is 1. The number of amides is 1. The van der Waals surface area contributed by atoms with Gasteiger partial charge in [0.2, 0.25) is 11.8 Å². The fourth-order valence-corrected chi connectivity index (χ4v) is 5.06. The zero-order chi connectivity index (χ0) is 19.2. The van der Waals surface area contributed by atoms with Crippen molar-refractivity contribution in [3.8, 4) is 0 Å². The highest BCUT2D eigenvalue weighted by molar-refractivity contribution is 5.81. The van der Waals surface area contributed by atoms with Gasteiger partial charge in [-0.1, -0.05) is 18.2 Å². The number of halogens is 2. The van der Waals surface area contributed by atoms with Gasteiger partial charge in [-0.25, -0.2) is 8.78 Å². The molecule has 0 radical (unpaired) electrons. The average Bonchev–Trinajstić information content (AvgIpc) is 3.09. The van der Waals surface area contributed by atoms with E-state index in [4.69, 9.17) is 10.5 Å². The predicted octanol–water partition coefficient (Wildman–Crippen LogP) is 2.78. The molecule has 0 bridgehead atoms. The summed E-state index contributed by atoms with van der Waals surface area (Å²) in [7, 11) is 1.66. The van der Waals surface area contributed by atoms with E-state index in [9.17, 15) is 13.6 Å². The molecule has 1 amide bonds. The molecule has 3 N–H and O–H groups in total. The van der Waals surface area contributed by atoms with Crippen molar-refractivity contribution in [1.82, 2.24) is 4.90 Å². The second-order valence-corrected chi connectivity index (χ2v) is 8.09. The molecule has 4 rings (SSSR count). The minimum Gasteiger partial charge on any atom is -0.383 e. The Morgan fingerprint density at radius 1 is 1.37 bits per heavy atom. The Morgan fingerprint density at radius 3 is 2.93 bits per heavy atom. The van der Waals surface area contributed by atoms with E-state index < -0.39 is 24.3 Å². The monoisotopic (exact) mass is 379 g/mol. The third-order valence-electron chi connectivity index (χ3n) is 6.41. The minimum atomic E-state index is -2.81. The molecule has 7 heteroatoms. The second kappa shape index (κ2) is 7.02. The number of nitrogens with one attached hydrogen (secondary N) is 1. The van der Waals surface area contributed by atoms with Crippen molar-refractivity contribution in [3.63, 3.8) is 0 Å². The first-order chi connectivity index (χ1) is 12.9. The molecule has 148 valence electrons. The molecule has 2 aliphatic heterocycles. The van der Waals surface area contributed by atoms with Gasteiger partial charge in [-0.05, 0) is 24.5 Å². The number of ether oxygens (including phenoxy) is 1. The van der Waals surface area contributed by atoms with Gasteiger partial charge in [-0.3, -0.25) is 4.79 Å². The van der Waals surface area contributed by atoms with E-state index in [0.29, 0.717) is 13.2 Å². The van der Waals surface area contributed by atoms with Crippen LogP contribution in [0.2, 0.25) is 0 Å². The summed E-state index contributed by atoms with van der Waals surface area (Å²) in [5.41, 5.74) is 8.13. The van der Waals surface area contributed by atoms with Crippen LogP contribution in [-0.4, -0.2) is 49.1 Å². The van der Waals surface area contributed by atoms with E-state index in [1.165, 1.54) is 0 Å². The van der Waals surface area contributed by atoms with Crippen molar-refractivity contribution in [3.05, 3.63) is 29.8 Å². The Morgan fingerprint density at radius 2 is 2.15 bits per heavy atom. The van der Waals surface area contributed by atoms with Gasteiger partial charge in [-0.15, -0.1) is 0 Å². The van der Waals surface area contributed by atoms with E-state index >= 15 is 0 Å². The molecule has 1 saturated heterocycles. The number of methoxy groups -OCH3 is 1. The van der Waals surface area contributed by atoms with Crippen molar-refractivity contribution >= 4 is 11.6 Å². The number of hydrogen-bond acceptors (Lipinski definition) is 4. The summed E-state index contributed by atoms with van der Waals surface area (Å²) in [5, 5.41) is 3.52. The lowest BCUT2D eigenvalue weighted by Gasteiger charge is -2.42. The van der Waals surface area contributed by atoms with Gasteiger partial charge < -0.3 is 20.7 Å². The third kappa shape index (κ3) is 3.31. The maximum absolute atomic E-state index is 14.0. The van der Waals surface area contributed by atoms with Gasteiger partial charge in [0.1, 0.15) is 0 Å². The highest BCUT2D eigenvalue weighted by Gasteiger charge is 2.50. The zero-order valence-electron chi connectivity index (χ0n) is 15.5. The van der Waals surface area contributed by atoms with Crippen LogP contribution in [0.1, 0.15) is 37.3 Å². The number of carbonyl (C=O) groups excluding carboxylic acids is 1. The maximum atomic E-state index is 14.0. The molecule has 5 nitrogen and oxygen atoms in total. The predicted molar refractivity (Wildman–Crippen MR) is 98.6 cm³/mol. The molecule has 1 saturated carbocycles. The quantitative estimate of drug-likeness (QED) is 0.848. The topological polar surface area (TPSA) is 67.6 Å². The number of rotatable bonds is 3. The van der Waals surface area contributed by atoms with Gasteiger partial charge in [0.25, 0.3) is 0 Å². The summed E-state index contributed by atoms with van der Waals surface area (Å²) < 4.78 is 33.3. The largest absolute Gasteiger partial charge is 0.383 e. The molecule has 1 aliphatic carbocycles. The van der Waals surface area contributed by atoms with E-state index in [0.717, 1.165) is 17.7 Å². The first kappa shape index (κ1) is 18.6. The van der Waals surface area contributed by atoms with E-state index in [1.54, 1.807) is 12.0 Å². The van der Waals surface area contributed by atoms with Crippen molar-refractivity contribution in [2.24, 2.45) is 17.6 Å². The number of para-hydroxylation sites is 1. The molecule has 2 fully saturated rings. The lowest BCUT2D eigenvalue weighted by Crippen LogP contribution is -2.51. The normalized spacial score (nSPS) is 34.5. The van der Waals surface area contributed by atoms with Crippen LogP contribution in [0, 0.1) is 11.8 Å². The van der Waals surface area contributed by atoms with Gasteiger partial charge >= 0.3 is 0 Å². The smallest absolute Gasteiger partial charge is 0.249 e. The van der Waals surface area contributed by atoms with Crippen LogP contribution in [0.15, 0.2) is 24.3 Å². The number of alkyl halides is 2. The number of fused-ring (bicyclic) bond motifs is 3. The van der Waals surface area contributed by atoms with E-state index in [1.807, 2.05) is 24.3 Å². The van der Waals surface area contributed by atoms with Gasteiger partial charge in [0, 0.05) is 44.1 Å². The number of likely N-dealkylation sites (tertiary alicyclic amines) is 1. The van der Waals surface area contributed by atoms with Crippen LogP contribution in [0.3, 0.4) is 0 Å². The molecule has 0 unspecified atom stereocenters. The van der Waals surface area contributed by atoms with Gasteiger partial charge in [0.15, 0.2) is 0 Å². The maximum Gasteiger partial charge on any atom is 0.249 e. The van der Waals surface area contributed by atoms with Crippen LogP contribution >= 0.6 is 0 Å². The van der Waals surface area contributed by atoms with Crippen LogP contribution in [0.4, 0.5) is 14.5 Å². The number of hydrogen-bond donors (Lipinski definition) is 2. The summed E-state index contributed by atoms with van der Waals surface area (Å²) in [6.45, 7) is 1.11. The highest BCUT2D eigenvalue weighted by atomic mass is 19.3. The first-order valence-corrected chi connectivity index (χ1v) is 9.69. The number of carbonyl (C=O) groups is 1. The summed E-state index contributed by atoms with van der Waals surface area (Å²) in [4.78, 5) is 15.1. The fourth-order valence-electron chi connectivity index (χ4n) is 5.06. The molecule has 0 aromatic heterocycles. The Kier molecular flexibility index (Phi) is 4.84. The van der Waals surface area contributed by atoms with Crippen LogP contribution in [0.5, 0.6) is 0 Å². The van der Waals surface area contributed by atoms with Crippen molar-refractivity contribution in [2.75, 3.05) is 25.6 Å². The molecule has 1 aromatic carbocycles. The average molecular weight is 379 g/mol. The number of nitrogens with two attached hydrogens (primary N) is 1. The summed E-state index contributed by atoms with van der Waals surface area (Å²) in [6.07, 6.45) is 0.342. The minimum absolute atomic E-state index is 0.0918. The molecule has 5 atom stereocenters. The Balaban J connectivity index is 1.64. The van der Waals surface area contributed by atoms with E-state index in [-0.39, 0.29) is 36.8 Å². The SMILES string of the molecule is COC[C@@H]1Nc2ccccc2[C@H]2[C@@H]1CCN2C(=O)[C@H]1CC(F)(F)CC[C@H]1N. The van der Waals surface area contributed by atoms with E-state index in [2.05, 4.69) is 5.32 Å². The molecule has 0 spiro atoms. The molecule has 1 aromatic rings. The standard InChI is InChI=1S/C20H27F2N3O2/c1-27-11-17-13-7-9-25(18(13)12-4-2-3-5-16(12)24-17)19(26)14-10-20(21,22)8-6-15(14)23/h2-5,13-15,17-18,24H,6-11,23H2,1H3/t13-,14+,15-,17+,18+/m1/s1. The van der Waals surface area contributed by atoms with Crippen molar-refractivity contribution < 1.29 is 18.3 Å². The second-order valence-electron chi connectivity index (χ2n) is 8.09. The summed E-state index contributed by atoms with van der Waals surface area (Å²) in [6, 6.07) is 7.40. The molecular weight excluding hydrogens is 352 g/mol. The highest BCUT2D eigenvalue weighted by Crippen LogP contribution is 2.48. The number of nitrogens with zero attached hydrogens (tertiary/aromatic N) is 1.